The second kappa shape index (κ2) is 6.53. The average Bonchev–Trinajstić information content (AvgIpc) is 2.96. The molecule has 2 aromatic heterocycles. The lowest BCUT2D eigenvalue weighted by Gasteiger charge is -2.11. The van der Waals surface area contributed by atoms with Gasteiger partial charge in [0.1, 0.15) is 5.52 Å². The van der Waals surface area contributed by atoms with E-state index in [1.54, 1.807) is 0 Å². The maximum atomic E-state index is 4.47. The minimum atomic E-state index is 0.931. The molecule has 3 nitrogen and oxygen atoms in total. The molecule has 106 valence electrons. The van der Waals surface area contributed by atoms with Gasteiger partial charge in [-0.05, 0) is 46.8 Å². The van der Waals surface area contributed by atoms with Crippen LogP contribution in [-0.2, 0) is 0 Å². The predicted octanol–water partition coefficient (Wildman–Crippen LogP) is 4.77. The van der Waals surface area contributed by atoms with Crippen molar-refractivity contribution >= 4 is 32.7 Å². The van der Waals surface area contributed by atoms with Crippen molar-refractivity contribution in [1.29, 1.82) is 0 Å². The van der Waals surface area contributed by atoms with Crippen LogP contribution in [0.15, 0.2) is 29.0 Å². The van der Waals surface area contributed by atoms with E-state index in [2.05, 4.69) is 31.2 Å². The summed E-state index contributed by atoms with van der Waals surface area (Å²) in [6.45, 7) is 1.02. The van der Waals surface area contributed by atoms with Gasteiger partial charge in [-0.1, -0.05) is 25.7 Å². The van der Waals surface area contributed by atoms with Gasteiger partial charge in [0.25, 0.3) is 0 Å². The van der Waals surface area contributed by atoms with Crippen LogP contribution < -0.4 is 5.32 Å². The molecule has 1 saturated carbocycles. The Morgan fingerprint density at radius 1 is 1.25 bits per heavy atom. The second-order valence-corrected chi connectivity index (χ2v) is 6.51. The fourth-order valence-corrected chi connectivity index (χ4v) is 3.38. The number of aromatic nitrogens is 2. The van der Waals surface area contributed by atoms with Crippen LogP contribution >= 0.6 is 15.9 Å². The van der Waals surface area contributed by atoms with E-state index in [1.165, 1.54) is 38.5 Å². The van der Waals surface area contributed by atoms with E-state index in [4.69, 9.17) is 0 Å². The van der Waals surface area contributed by atoms with Crippen LogP contribution in [0.3, 0.4) is 0 Å². The van der Waals surface area contributed by atoms with Gasteiger partial charge in [0.15, 0.2) is 0 Å². The molecule has 0 bridgehead atoms. The van der Waals surface area contributed by atoms with Gasteiger partial charge in [0.2, 0.25) is 0 Å². The highest BCUT2D eigenvalue weighted by molar-refractivity contribution is 9.10. The molecule has 0 unspecified atom stereocenters. The summed E-state index contributed by atoms with van der Waals surface area (Å²) in [4.78, 5) is 8.83. The van der Waals surface area contributed by atoms with Crippen LogP contribution in [0.5, 0.6) is 0 Å². The van der Waals surface area contributed by atoms with Crippen LogP contribution in [0.1, 0.15) is 38.5 Å². The van der Waals surface area contributed by atoms with Gasteiger partial charge < -0.3 is 5.32 Å². The summed E-state index contributed by atoms with van der Waals surface area (Å²) < 4.78 is 0.968. The highest BCUT2D eigenvalue weighted by atomic mass is 79.9. The number of nitrogens with zero attached hydrogens (tertiary/aromatic N) is 2. The van der Waals surface area contributed by atoms with E-state index < -0.39 is 0 Å². The zero-order valence-electron chi connectivity index (χ0n) is 11.6. The van der Waals surface area contributed by atoms with Crippen LogP contribution in [0, 0.1) is 5.92 Å². The molecule has 1 N–H and O–H groups in total. The summed E-state index contributed by atoms with van der Waals surface area (Å²) in [5.74, 6) is 0.972. The van der Waals surface area contributed by atoms with Crippen LogP contribution in [-0.4, -0.2) is 16.5 Å². The first-order valence-corrected chi connectivity index (χ1v) is 8.26. The van der Waals surface area contributed by atoms with Crippen LogP contribution in [0.25, 0.3) is 11.0 Å². The zero-order chi connectivity index (χ0) is 13.8. The first-order chi connectivity index (χ1) is 9.83. The highest BCUT2D eigenvalue weighted by Crippen LogP contribution is 2.28. The van der Waals surface area contributed by atoms with Crippen LogP contribution in [0.2, 0.25) is 0 Å². The van der Waals surface area contributed by atoms with Gasteiger partial charge in [-0.15, -0.1) is 0 Å². The molecule has 4 heteroatoms. The monoisotopic (exact) mass is 333 g/mol. The number of nitrogens with one attached hydrogen (secondary N) is 1. The second-order valence-electron chi connectivity index (χ2n) is 5.60. The van der Waals surface area contributed by atoms with Crippen molar-refractivity contribution < 1.29 is 0 Å². The molecule has 0 atom stereocenters. The molecular weight excluding hydrogens is 314 g/mol. The molecule has 1 aliphatic carbocycles. The fraction of sp³-hybridized carbons (Fsp3) is 0.500. The summed E-state index contributed by atoms with van der Waals surface area (Å²) in [6.07, 6.45) is 12.0. The lowest BCUT2D eigenvalue weighted by Crippen LogP contribution is -2.05. The molecule has 0 saturated heterocycles. The molecule has 0 aliphatic heterocycles. The largest absolute Gasteiger partial charge is 0.383 e. The van der Waals surface area contributed by atoms with E-state index in [9.17, 15) is 0 Å². The lowest BCUT2D eigenvalue weighted by atomic mass is 10.0. The number of halogens is 1. The Bertz CT molecular complexity index is 579. The van der Waals surface area contributed by atoms with E-state index in [1.807, 2.05) is 24.5 Å². The first kappa shape index (κ1) is 13.8. The molecule has 2 aromatic rings. The number of anilines is 1. The fourth-order valence-electron chi connectivity index (χ4n) is 3.06. The minimum absolute atomic E-state index is 0.931. The minimum Gasteiger partial charge on any atom is -0.383 e. The predicted molar refractivity (Wildman–Crippen MR) is 86.9 cm³/mol. The van der Waals surface area contributed by atoms with Gasteiger partial charge in [-0.25, -0.2) is 0 Å². The average molecular weight is 334 g/mol. The number of fused-ring (bicyclic) bond motifs is 1. The summed E-state index contributed by atoms with van der Waals surface area (Å²) in [5, 5.41) is 3.51. The Kier molecular flexibility index (Phi) is 4.51. The van der Waals surface area contributed by atoms with Crippen molar-refractivity contribution in [2.75, 3.05) is 11.9 Å². The van der Waals surface area contributed by atoms with Crippen molar-refractivity contribution in [3.05, 3.63) is 29.0 Å². The Morgan fingerprint density at radius 3 is 2.95 bits per heavy atom. The van der Waals surface area contributed by atoms with Gasteiger partial charge in [-0.2, -0.15) is 0 Å². The van der Waals surface area contributed by atoms with Gasteiger partial charge in [0, 0.05) is 23.4 Å². The van der Waals surface area contributed by atoms with Crippen molar-refractivity contribution in [3.63, 3.8) is 0 Å². The first-order valence-electron chi connectivity index (χ1n) is 7.47. The van der Waals surface area contributed by atoms with Gasteiger partial charge in [0.05, 0.1) is 11.2 Å². The Morgan fingerprint density at radius 2 is 2.10 bits per heavy atom. The highest BCUT2D eigenvalue weighted by Gasteiger charge is 2.14. The normalized spacial score (nSPS) is 15.8. The third-order valence-electron chi connectivity index (χ3n) is 4.12. The maximum absolute atomic E-state index is 4.47. The molecule has 3 rings (SSSR count). The molecular formula is C16H20BrN3. The number of rotatable bonds is 5. The Balaban J connectivity index is 1.59. The van der Waals surface area contributed by atoms with Crippen molar-refractivity contribution in [1.82, 2.24) is 9.97 Å². The molecule has 0 aromatic carbocycles. The third-order valence-corrected chi connectivity index (χ3v) is 4.56. The standard InChI is InChI=1S/C16H20BrN3/c17-13-10-15-16(20-11-13)14(7-9-19-15)18-8-3-6-12-4-1-2-5-12/h7,9-12H,1-6,8H2,(H,18,19). The zero-order valence-corrected chi connectivity index (χ0v) is 13.2. The molecule has 0 radical (unpaired) electrons. The topological polar surface area (TPSA) is 37.8 Å². The Labute approximate surface area is 128 Å². The SMILES string of the molecule is Brc1cnc2c(NCCCC3CCCC3)ccnc2c1. The molecule has 1 aliphatic rings. The van der Waals surface area contributed by atoms with E-state index in [-0.39, 0.29) is 0 Å². The summed E-state index contributed by atoms with van der Waals surface area (Å²) in [7, 11) is 0. The summed E-state index contributed by atoms with van der Waals surface area (Å²) >= 11 is 3.44. The number of pyridine rings is 2. The summed E-state index contributed by atoms with van der Waals surface area (Å²) in [6, 6.07) is 4.02. The molecule has 1 fully saturated rings. The molecule has 20 heavy (non-hydrogen) atoms. The number of hydrogen-bond donors (Lipinski definition) is 1. The van der Waals surface area contributed by atoms with E-state index in [0.29, 0.717) is 0 Å². The lowest BCUT2D eigenvalue weighted by molar-refractivity contribution is 0.491. The van der Waals surface area contributed by atoms with Gasteiger partial charge >= 0.3 is 0 Å². The van der Waals surface area contributed by atoms with Crippen molar-refractivity contribution in [2.24, 2.45) is 5.92 Å². The van der Waals surface area contributed by atoms with Gasteiger partial charge in [-0.3, -0.25) is 9.97 Å². The van der Waals surface area contributed by atoms with Crippen molar-refractivity contribution in [3.8, 4) is 0 Å². The molecule has 0 amide bonds. The van der Waals surface area contributed by atoms with Crippen LogP contribution in [0.4, 0.5) is 5.69 Å². The van der Waals surface area contributed by atoms with E-state index >= 15 is 0 Å². The molecule has 0 spiro atoms. The quantitative estimate of drug-likeness (QED) is 0.800. The summed E-state index contributed by atoms with van der Waals surface area (Å²) in [5.41, 5.74) is 2.98. The maximum Gasteiger partial charge on any atom is 0.112 e. The van der Waals surface area contributed by atoms with Crippen molar-refractivity contribution in [2.45, 2.75) is 38.5 Å². The smallest absolute Gasteiger partial charge is 0.112 e. The third kappa shape index (κ3) is 3.29. The number of hydrogen-bond acceptors (Lipinski definition) is 3. The molecule has 2 heterocycles. The Hall–Kier alpha value is -1.16. The van der Waals surface area contributed by atoms with E-state index in [0.717, 1.165) is 33.7 Å².